The molecule has 0 saturated heterocycles. The Hall–Kier alpha value is -3.32. The first-order valence-corrected chi connectivity index (χ1v) is 9.19. The van der Waals surface area contributed by atoms with Gasteiger partial charge in [0.1, 0.15) is 17.0 Å². The SMILES string of the molecule is COc1cccc(NC(=O)CN(C)C(=O)COc2ccc(Cl)c3cccnc23)c1. The summed E-state index contributed by atoms with van der Waals surface area (Å²) in [7, 11) is 3.09. The lowest BCUT2D eigenvalue weighted by Crippen LogP contribution is -2.37. The zero-order chi connectivity index (χ0) is 20.8. The van der Waals surface area contributed by atoms with E-state index in [1.54, 1.807) is 55.8 Å². The highest BCUT2D eigenvalue weighted by molar-refractivity contribution is 6.35. The molecule has 0 spiro atoms. The predicted octanol–water partition coefficient (Wildman–Crippen LogP) is 3.37. The predicted molar refractivity (Wildman–Crippen MR) is 112 cm³/mol. The third-order valence-corrected chi connectivity index (χ3v) is 4.52. The second kappa shape index (κ2) is 9.25. The third-order valence-electron chi connectivity index (χ3n) is 4.19. The molecule has 2 amide bonds. The van der Waals surface area contributed by atoms with Crippen molar-refractivity contribution in [2.75, 3.05) is 32.6 Å². The summed E-state index contributed by atoms with van der Waals surface area (Å²) in [6.07, 6.45) is 1.63. The van der Waals surface area contributed by atoms with Crippen molar-refractivity contribution >= 4 is 40.0 Å². The molecule has 7 nitrogen and oxygen atoms in total. The van der Waals surface area contributed by atoms with Gasteiger partial charge in [-0.3, -0.25) is 14.6 Å². The number of pyridine rings is 1. The van der Waals surface area contributed by atoms with Crippen molar-refractivity contribution < 1.29 is 19.1 Å². The molecule has 3 rings (SSSR count). The largest absolute Gasteiger partial charge is 0.497 e. The molecule has 8 heteroatoms. The summed E-state index contributed by atoms with van der Waals surface area (Å²) in [5, 5.41) is 4.02. The quantitative estimate of drug-likeness (QED) is 0.642. The van der Waals surface area contributed by atoms with Crippen molar-refractivity contribution in [1.29, 1.82) is 0 Å². The lowest BCUT2D eigenvalue weighted by molar-refractivity contribution is -0.135. The Morgan fingerprint density at radius 1 is 1.17 bits per heavy atom. The van der Waals surface area contributed by atoms with Crippen LogP contribution in [0.25, 0.3) is 10.9 Å². The number of carbonyl (C=O) groups is 2. The molecule has 0 radical (unpaired) electrons. The first-order chi connectivity index (χ1) is 14.0. The molecule has 0 fully saturated rings. The van der Waals surface area contributed by atoms with Gasteiger partial charge in [-0.25, -0.2) is 0 Å². The number of halogens is 1. The minimum Gasteiger partial charge on any atom is -0.497 e. The number of aromatic nitrogens is 1. The van der Waals surface area contributed by atoms with Crippen molar-refractivity contribution in [3.8, 4) is 11.5 Å². The van der Waals surface area contributed by atoms with Gasteiger partial charge in [-0.15, -0.1) is 0 Å². The molecule has 0 saturated carbocycles. The number of benzene rings is 2. The van der Waals surface area contributed by atoms with Crippen LogP contribution in [0.2, 0.25) is 5.02 Å². The Morgan fingerprint density at radius 2 is 2.00 bits per heavy atom. The fraction of sp³-hybridized carbons (Fsp3) is 0.190. The average molecular weight is 414 g/mol. The number of anilines is 1. The van der Waals surface area contributed by atoms with E-state index in [2.05, 4.69) is 10.3 Å². The molecule has 0 aliphatic heterocycles. The molecule has 0 bridgehead atoms. The van der Waals surface area contributed by atoms with Crippen LogP contribution in [0.5, 0.6) is 11.5 Å². The Labute approximate surface area is 173 Å². The summed E-state index contributed by atoms with van der Waals surface area (Å²) in [4.78, 5) is 30.1. The number of rotatable bonds is 7. The van der Waals surface area contributed by atoms with Gasteiger partial charge in [0.25, 0.3) is 5.91 Å². The second-order valence-electron chi connectivity index (χ2n) is 6.26. The van der Waals surface area contributed by atoms with E-state index in [0.29, 0.717) is 27.7 Å². The van der Waals surface area contributed by atoms with E-state index in [0.717, 1.165) is 5.39 Å². The van der Waals surface area contributed by atoms with Crippen molar-refractivity contribution in [2.24, 2.45) is 0 Å². The number of nitrogens with zero attached hydrogens (tertiary/aromatic N) is 2. The van der Waals surface area contributed by atoms with Gasteiger partial charge in [0, 0.05) is 30.4 Å². The first-order valence-electron chi connectivity index (χ1n) is 8.82. The molecule has 1 heterocycles. The van der Waals surface area contributed by atoms with E-state index in [1.165, 1.54) is 11.9 Å². The van der Waals surface area contributed by atoms with Crippen LogP contribution in [0.4, 0.5) is 5.69 Å². The van der Waals surface area contributed by atoms with Gasteiger partial charge < -0.3 is 19.7 Å². The molecule has 150 valence electrons. The van der Waals surface area contributed by atoms with E-state index >= 15 is 0 Å². The summed E-state index contributed by atoms with van der Waals surface area (Å²) in [6.45, 7) is -0.338. The Morgan fingerprint density at radius 3 is 2.79 bits per heavy atom. The second-order valence-corrected chi connectivity index (χ2v) is 6.67. The van der Waals surface area contributed by atoms with E-state index in [9.17, 15) is 9.59 Å². The molecule has 0 aliphatic carbocycles. The molecule has 0 atom stereocenters. The van der Waals surface area contributed by atoms with E-state index in [-0.39, 0.29) is 25.0 Å². The van der Waals surface area contributed by atoms with Crippen molar-refractivity contribution in [3.05, 3.63) is 59.8 Å². The molecular weight excluding hydrogens is 394 g/mol. The van der Waals surface area contributed by atoms with Gasteiger partial charge in [0.15, 0.2) is 6.61 Å². The lowest BCUT2D eigenvalue weighted by Gasteiger charge is -2.17. The van der Waals surface area contributed by atoms with Crippen LogP contribution in [0.15, 0.2) is 54.7 Å². The summed E-state index contributed by atoms with van der Waals surface area (Å²) in [5.41, 5.74) is 1.16. The minimum atomic E-state index is -0.343. The Balaban J connectivity index is 1.57. The number of hydrogen-bond acceptors (Lipinski definition) is 5. The Bertz CT molecular complexity index is 1040. The van der Waals surface area contributed by atoms with Gasteiger partial charge in [-0.05, 0) is 36.4 Å². The van der Waals surface area contributed by atoms with Gasteiger partial charge >= 0.3 is 0 Å². The van der Waals surface area contributed by atoms with Crippen LogP contribution < -0.4 is 14.8 Å². The monoisotopic (exact) mass is 413 g/mol. The maximum Gasteiger partial charge on any atom is 0.260 e. The van der Waals surface area contributed by atoms with Crippen LogP contribution in [-0.4, -0.2) is 49.0 Å². The zero-order valence-electron chi connectivity index (χ0n) is 16.0. The number of methoxy groups -OCH3 is 1. The molecule has 0 unspecified atom stereocenters. The molecular formula is C21H20ClN3O4. The first kappa shape index (κ1) is 20.4. The average Bonchev–Trinajstić information content (AvgIpc) is 2.73. The highest BCUT2D eigenvalue weighted by Gasteiger charge is 2.15. The summed E-state index contributed by atoms with van der Waals surface area (Å²) < 4.78 is 10.7. The van der Waals surface area contributed by atoms with Crippen LogP contribution in [0.1, 0.15) is 0 Å². The number of likely N-dealkylation sites (N-methyl/N-ethyl adjacent to an activating group) is 1. The fourth-order valence-electron chi connectivity index (χ4n) is 2.68. The van der Waals surface area contributed by atoms with Crippen LogP contribution in [0.3, 0.4) is 0 Å². The topological polar surface area (TPSA) is 80.8 Å². The number of carbonyl (C=O) groups excluding carboxylic acids is 2. The molecule has 1 aromatic heterocycles. The summed E-state index contributed by atoms with van der Waals surface area (Å²) >= 11 is 6.16. The highest BCUT2D eigenvalue weighted by atomic mass is 35.5. The van der Waals surface area contributed by atoms with Gasteiger partial charge in [-0.1, -0.05) is 17.7 Å². The lowest BCUT2D eigenvalue weighted by atomic mass is 10.2. The number of nitrogens with one attached hydrogen (secondary N) is 1. The van der Waals surface area contributed by atoms with Gasteiger partial charge in [-0.2, -0.15) is 0 Å². The van der Waals surface area contributed by atoms with Crippen LogP contribution in [0, 0.1) is 0 Å². The van der Waals surface area contributed by atoms with Gasteiger partial charge in [0.05, 0.1) is 18.7 Å². The molecule has 0 aliphatic rings. The standard InChI is InChI=1S/C21H20ClN3O4/c1-25(12-19(26)24-14-5-3-6-15(11-14)28-2)20(27)13-29-18-9-8-17(22)16-7-4-10-23-21(16)18/h3-11H,12-13H2,1-2H3,(H,24,26). The normalized spacial score (nSPS) is 10.4. The molecule has 29 heavy (non-hydrogen) atoms. The van der Waals surface area contributed by atoms with Crippen molar-refractivity contribution in [1.82, 2.24) is 9.88 Å². The van der Waals surface area contributed by atoms with E-state index in [4.69, 9.17) is 21.1 Å². The summed E-state index contributed by atoms with van der Waals surface area (Å²) in [5.74, 6) is 0.412. The third kappa shape index (κ3) is 5.14. The zero-order valence-corrected chi connectivity index (χ0v) is 16.8. The molecule has 3 aromatic rings. The maximum atomic E-state index is 12.4. The highest BCUT2D eigenvalue weighted by Crippen LogP contribution is 2.29. The number of amides is 2. The maximum absolute atomic E-state index is 12.4. The van der Waals surface area contributed by atoms with E-state index < -0.39 is 0 Å². The van der Waals surface area contributed by atoms with Crippen molar-refractivity contribution in [3.63, 3.8) is 0 Å². The van der Waals surface area contributed by atoms with Gasteiger partial charge in [0.2, 0.25) is 5.91 Å². The number of hydrogen-bond donors (Lipinski definition) is 1. The number of ether oxygens (including phenoxy) is 2. The summed E-state index contributed by atoms with van der Waals surface area (Å²) in [6, 6.07) is 13.9. The Kier molecular flexibility index (Phi) is 6.51. The molecule has 2 aromatic carbocycles. The minimum absolute atomic E-state index is 0.112. The number of fused-ring (bicyclic) bond motifs is 1. The van der Waals surface area contributed by atoms with E-state index in [1.807, 2.05) is 6.07 Å². The smallest absolute Gasteiger partial charge is 0.260 e. The van der Waals surface area contributed by atoms with Crippen molar-refractivity contribution in [2.45, 2.75) is 0 Å². The molecule has 1 N–H and O–H groups in total. The fourth-order valence-corrected chi connectivity index (χ4v) is 2.90. The van der Waals surface area contributed by atoms with Crippen LogP contribution >= 0.6 is 11.6 Å². The van der Waals surface area contributed by atoms with Crippen LogP contribution in [-0.2, 0) is 9.59 Å².